The first kappa shape index (κ1) is 21.3. The highest BCUT2D eigenvalue weighted by molar-refractivity contribution is 5.48. The SMILES string of the molecule is c1ccc(COc2ccc(NCc3ccccc3OCCOc3ccccc3)cc2)cc1. The van der Waals surface area contributed by atoms with Crippen LogP contribution in [0, 0.1) is 0 Å². The van der Waals surface area contributed by atoms with Crippen LogP contribution in [0.4, 0.5) is 5.69 Å². The van der Waals surface area contributed by atoms with Gasteiger partial charge in [-0.2, -0.15) is 0 Å². The molecule has 0 amide bonds. The zero-order valence-electron chi connectivity index (χ0n) is 17.9. The Labute approximate surface area is 189 Å². The summed E-state index contributed by atoms with van der Waals surface area (Å²) >= 11 is 0. The smallest absolute Gasteiger partial charge is 0.124 e. The molecule has 4 aromatic carbocycles. The van der Waals surface area contributed by atoms with Crippen LogP contribution >= 0.6 is 0 Å². The predicted molar refractivity (Wildman–Crippen MR) is 128 cm³/mol. The van der Waals surface area contributed by atoms with Crippen molar-refractivity contribution < 1.29 is 14.2 Å². The molecular weight excluding hydrogens is 398 g/mol. The van der Waals surface area contributed by atoms with Gasteiger partial charge in [-0.05, 0) is 48.0 Å². The molecule has 4 heteroatoms. The van der Waals surface area contributed by atoms with Gasteiger partial charge in [0.1, 0.15) is 37.1 Å². The average molecular weight is 426 g/mol. The number of para-hydroxylation sites is 2. The van der Waals surface area contributed by atoms with Crippen molar-refractivity contribution >= 4 is 5.69 Å². The zero-order valence-corrected chi connectivity index (χ0v) is 17.9. The van der Waals surface area contributed by atoms with Gasteiger partial charge in [0.15, 0.2) is 0 Å². The first-order valence-electron chi connectivity index (χ1n) is 10.8. The summed E-state index contributed by atoms with van der Waals surface area (Å²) in [6.45, 7) is 2.21. The third-order valence-corrected chi connectivity index (χ3v) is 4.91. The lowest BCUT2D eigenvalue weighted by Crippen LogP contribution is -2.10. The van der Waals surface area contributed by atoms with E-state index >= 15 is 0 Å². The lowest BCUT2D eigenvalue weighted by Gasteiger charge is -2.14. The molecule has 0 aliphatic heterocycles. The maximum atomic E-state index is 5.96. The van der Waals surface area contributed by atoms with Crippen molar-refractivity contribution in [1.29, 1.82) is 0 Å². The normalized spacial score (nSPS) is 10.4. The number of benzene rings is 4. The van der Waals surface area contributed by atoms with E-state index in [1.807, 2.05) is 91.0 Å². The van der Waals surface area contributed by atoms with E-state index in [4.69, 9.17) is 14.2 Å². The summed E-state index contributed by atoms with van der Waals surface area (Å²) in [7, 11) is 0. The third kappa shape index (κ3) is 6.54. The van der Waals surface area contributed by atoms with Crippen LogP contribution in [0.15, 0.2) is 109 Å². The van der Waals surface area contributed by atoms with E-state index in [0.29, 0.717) is 26.4 Å². The van der Waals surface area contributed by atoms with Crippen LogP contribution in [0.5, 0.6) is 17.2 Å². The van der Waals surface area contributed by atoms with Crippen LogP contribution in [-0.4, -0.2) is 13.2 Å². The van der Waals surface area contributed by atoms with Crippen LogP contribution in [0.25, 0.3) is 0 Å². The number of hydrogen-bond acceptors (Lipinski definition) is 4. The Morgan fingerprint density at radius 2 is 1.16 bits per heavy atom. The van der Waals surface area contributed by atoms with E-state index in [-0.39, 0.29) is 0 Å². The molecule has 4 aromatic rings. The van der Waals surface area contributed by atoms with Gasteiger partial charge in [-0.25, -0.2) is 0 Å². The minimum Gasteiger partial charge on any atom is -0.490 e. The fourth-order valence-corrected chi connectivity index (χ4v) is 3.23. The number of ether oxygens (including phenoxy) is 3. The van der Waals surface area contributed by atoms with Gasteiger partial charge in [-0.3, -0.25) is 0 Å². The second kappa shape index (κ2) is 11.5. The van der Waals surface area contributed by atoms with E-state index in [1.165, 1.54) is 0 Å². The van der Waals surface area contributed by atoms with Crippen molar-refractivity contribution in [1.82, 2.24) is 0 Å². The molecule has 0 bridgehead atoms. The highest BCUT2D eigenvalue weighted by Crippen LogP contribution is 2.21. The number of hydrogen-bond donors (Lipinski definition) is 1. The molecule has 32 heavy (non-hydrogen) atoms. The average Bonchev–Trinajstić information content (AvgIpc) is 2.86. The van der Waals surface area contributed by atoms with Gasteiger partial charge >= 0.3 is 0 Å². The van der Waals surface area contributed by atoms with Crippen LogP contribution in [0.3, 0.4) is 0 Å². The first-order valence-corrected chi connectivity index (χ1v) is 10.8. The maximum Gasteiger partial charge on any atom is 0.124 e. The Kier molecular flexibility index (Phi) is 7.64. The quantitative estimate of drug-likeness (QED) is 0.285. The number of rotatable bonds is 11. The lowest BCUT2D eigenvalue weighted by atomic mass is 10.2. The molecule has 162 valence electrons. The Morgan fingerprint density at radius 3 is 1.94 bits per heavy atom. The fraction of sp³-hybridized carbons (Fsp3) is 0.143. The second-order valence-electron chi connectivity index (χ2n) is 7.27. The summed E-state index contributed by atoms with van der Waals surface area (Å²) < 4.78 is 17.5. The lowest BCUT2D eigenvalue weighted by molar-refractivity contribution is 0.216. The highest BCUT2D eigenvalue weighted by atomic mass is 16.5. The van der Waals surface area contributed by atoms with Crippen LogP contribution in [-0.2, 0) is 13.2 Å². The molecular formula is C28H27NO3. The van der Waals surface area contributed by atoms with Gasteiger partial charge in [0, 0.05) is 17.8 Å². The molecule has 0 aromatic heterocycles. The van der Waals surface area contributed by atoms with Gasteiger partial charge < -0.3 is 19.5 Å². The van der Waals surface area contributed by atoms with E-state index < -0.39 is 0 Å². The predicted octanol–water partition coefficient (Wildman–Crippen LogP) is 6.34. The zero-order chi connectivity index (χ0) is 21.8. The van der Waals surface area contributed by atoms with Crippen molar-refractivity contribution in [2.24, 2.45) is 0 Å². The summed E-state index contributed by atoms with van der Waals surface area (Å²) in [5.41, 5.74) is 3.27. The van der Waals surface area contributed by atoms with E-state index in [2.05, 4.69) is 23.5 Å². The Morgan fingerprint density at radius 1 is 0.531 bits per heavy atom. The van der Waals surface area contributed by atoms with Crippen molar-refractivity contribution in [2.75, 3.05) is 18.5 Å². The summed E-state index contributed by atoms with van der Waals surface area (Å²) in [6.07, 6.45) is 0. The summed E-state index contributed by atoms with van der Waals surface area (Å²) in [5.74, 6) is 2.56. The second-order valence-corrected chi connectivity index (χ2v) is 7.27. The van der Waals surface area contributed by atoms with E-state index in [9.17, 15) is 0 Å². The molecule has 0 radical (unpaired) electrons. The van der Waals surface area contributed by atoms with Gasteiger partial charge in [-0.1, -0.05) is 66.7 Å². The number of anilines is 1. The molecule has 0 aliphatic carbocycles. The van der Waals surface area contributed by atoms with Crippen molar-refractivity contribution in [3.63, 3.8) is 0 Å². The standard InChI is InChI=1S/C28H27NO3/c1-3-9-23(10-4-1)22-32-27-17-15-25(16-18-27)29-21-24-11-7-8-14-28(24)31-20-19-30-26-12-5-2-6-13-26/h1-18,29H,19-22H2. The maximum absolute atomic E-state index is 5.96. The fourth-order valence-electron chi connectivity index (χ4n) is 3.23. The third-order valence-electron chi connectivity index (χ3n) is 4.91. The minimum absolute atomic E-state index is 0.485. The Balaban J connectivity index is 1.24. The molecule has 4 nitrogen and oxygen atoms in total. The van der Waals surface area contributed by atoms with Crippen LogP contribution in [0.1, 0.15) is 11.1 Å². The highest BCUT2D eigenvalue weighted by Gasteiger charge is 2.04. The van der Waals surface area contributed by atoms with Gasteiger partial charge in [-0.15, -0.1) is 0 Å². The molecule has 0 unspecified atom stereocenters. The van der Waals surface area contributed by atoms with Gasteiger partial charge in [0.05, 0.1) is 0 Å². The summed E-state index contributed by atoms with van der Waals surface area (Å²) in [4.78, 5) is 0. The minimum atomic E-state index is 0.485. The topological polar surface area (TPSA) is 39.7 Å². The molecule has 0 atom stereocenters. The Hall–Kier alpha value is -3.92. The van der Waals surface area contributed by atoms with Crippen LogP contribution in [0.2, 0.25) is 0 Å². The summed E-state index contributed by atoms with van der Waals surface area (Å²) in [6, 6.07) is 36.0. The molecule has 4 rings (SSSR count). The molecule has 0 spiro atoms. The van der Waals surface area contributed by atoms with E-state index in [1.54, 1.807) is 0 Å². The molecule has 0 aliphatic rings. The largest absolute Gasteiger partial charge is 0.490 e. The van der Waals surface area contributed by atoms with Crippen molar-refractivity contribution in [3.05, 3.63) is 120 Å². The monoisotopic (exact) mass is 425 g/mol. The molecule has 0 fully saturated rings. The van der Waals surface area contributed by atoms with Crippen molar-refractivity contribution in [2.45, 2.75) is 13.2 Å². The van der Waals surface area contributed by atoms with Crippen LogP contribution < -0.4 is 19.5 Å². The summed E-state index contributed by atoms with van der Waals surface area (Å²) in [5, 5.41) is 3.45. The Bertz CT molecular complexity index is 1070. The van der Waals surface area contributed by atoms with Gasteiger partial charge in [0.2, 0.25) is 0 Å². The molecule has 1 N–H and O–H groups in total. The molecule has 0 saturated heterocycles. The van der Waals surface area contributed by atoms with Crippen molar-refractivity contribution in [3.8, 4) is 17.2 Å². The molecule has 0 saturated carbocycles. The van der Waals surface area contributed by atoms with E-state index in [0.717, 1.165) is 34.1 Å². The molecule has 0 heterocycles. The van der Waals surface area contributed by atoms with Gasteiger partial charge in [0.25, 0.3) is 0 Å². The first-order chi connectivity index (χ1) is 15.9. The number of nitrogens with one attached hydrogen (secondary N) is 1.